The Morgan fingerprint density at radius 2 is 2.06 bits per heavy atom. The molecule has 0 atom stereocenters. The lowest BCUT2D eigenvalue weighted by Gasteiger charge is -2.21. The summed E-state index contributed by atoms with van der Waals surface area (Å²) in [6, 6.07) is 5.16. The molecule has 0 aliphatic heterocycles. The van der Waals surface area contributed by atoms with E-state index in [1.165, 1.54) is 0 Å². The van der Waals surface area contributed by atoms with Crippen LogP contribution in [0.1, 0.15) is 31.2 Å². The third-order valence-corrected chi connectivity index (χ3v) is 3.29. The van der Waals surface area contributed by atoms with Crippen molar-refractivity contribution in [3.05, 3.63) is 29.6 Å². The number of aryl methyl sites for hydroxylation is 1. The van der Waals surface area contributed by atoms with Crippen molar-refractivity contribution < 1.29 is 13.9 Å². The van der Waals surface area contributed by atoms with Gasteiger partial charge in [-0.15, -0.1) is 0 Å². The SMILES string of the molecule is Cc1cccc(OCC2CCC(=O)CC2)c1F. The van der Waals surface area contributed by atoms with Crippen LogP contribution in [0.25, 0.3) is 0 Å². The summed E-state index contributed by atoms with van der Waals surface area (Å²) in [6.07, 6.45) is 3.02. The molecule has 2 nitrogen and oxygen atoms in total. The fourth-order valence-corrected chi connectivity index (χ4v) is 2.11. The number of rotatable bonds is 3. The molecule has 1 aliphatic rings. The van der Waals surface area contributed by atoms with Crippen molar-refractivity contribution >= 4 is 5.78 Å². The Labute approximate surface area is 101 Å². The summed E-state index contributed by atoms with van der Waals surface area (Å²) < 4.78 is 19.1. The molecule has 1 saturated carbocycles. The fraction of sp³-hybridized carbons (Fsp3) is 0.500. The normalized spacial score (nSPS) is 17.2. The lowest BCUT2D eigenvalue weighted by molar-refractivity contribution is -0.121. The van der Waals surface area contributed by atoms with Gasteiger partial charge in [-0.25, -0.2) is 4.39 Å². The zero-order valence-electron chi connectivity index (χ0n) is 10.0. The van der Waals surface area contributed by atoms with Gasteiger partial charge in [-0.05, 0) is 37.3 Å². The lowest BCUT2D eigenvalue weighted by atomic mass is 9.89. The molecule has 0 spiro atoms. The van der Waals surface area contributed by atoms with Crippen molar-refractivity contribution in [2.45, 2.75) is 32.6 Å². The van der Waals surface area contributed by atoms with Crippen LogP contribution in [0.4, 0.5) is 4.39 Å². The first-order valence-corrected chi connectivity index (χ1v) is 6.06. The van der Waals surface area contributed by atoms with E-state index in [0.717, 1.165) is 12.8 Å². The summed E-state index contributed by atoms with van der Waals surface area (Å²) in [7, 11) is 0. The molecular formula is C14H17FO2. The Morgan fingerprint density at radius 3 is 2.76 bits per heavy atom. The molecule has 1 aliphatic carbocycles. The summed E-state index contributed by atoms with van der Waals surface area (Å²) in [6.45, 7) is 2.23. The summed E-state index contributed by atoms with van der Waals surface area (Å²) in [5.74, 6) is 0.761. The van der Waals surface area contributed by atoms with Gasteiger partial charge < -0.3 is 4.74 Å². The number of hydrogen-bond acceptors (Lipinski definition) is 2. The van der Waals surface area contributed by atoms with Gasteiger partial charge >= 0.3 is 0 Å². The highest BCUT2D eigenvalue weighted by Gasteiger charge is 2.19. The van der Waals surface area contributed by atoms with Gasteiger partial charge in [-0.2, -0.15) is 0 Å². The van der Waals surface area contributed by atoms with E-state index in [4.69, 9.17) is 4.74 Å². The molecular weight excluding hydrogens is 219 g/mol. The highest BCUT2D eigenvalue weighted by atomic mass is 19.1. The maximum Gasteiger partial charge on any atom is 0.167 e. The van der Waals surface area contributed by atoms with E-state index in [0.29, 0.717) is 42.5 Å². The molecule has 92 valence electrons. The second kappa shape index (κ2) is 5.30. The average molecular weight is 236 g/mol. The van der Waals surface area contributed by atoms with Crippen molar-refractivity contribution in [3.8, 4) is 5.75 Å². The first-order valence-electron chi connectivity index (χ1n) is 6.06. The third-order valence-electron chi connectivity index (χ3n) is 3.29. The first kappa shape index (κ1) is 12.1. The van der Waals surface area contributed by atoms with Crippen LogP contribution < -0.4 is 4.74 Å². The van der Waals surface area contributed by atoms with E-state index < -0.39 is 0 Å². The van der Waals surface area contributed by atoms with E-state index in [2.05, 4.69) is 0 Å². The molecule has 2 rings (SSSR count). The minimum Gasteiger partial charge on any atom is -0.490 e. The van der Waals surface area contributed by atoms with Gasteiger partial charge in [0, 0.05) is 12.8 Å². The van der Waals surface area contributed by atoms with E-state index in [1.807, 2.05) is 0 Å². The molecule has 0 aromatic heterocycles. The van der Waals surface area contributed by atoms with Gasteiger partial charge in [0.15, 0.2) is 11.6 Å². The Hall–Kier alpha value is -1.38. The number of Topliss-reactive ketones (excluding diaryl/α,β-unsaturated/α-hetero) is 1. The Balaban J connectivity index is 1.89. The third kappa shape index (κ3) is 3.05. The average Bonchev–Trinajstić information content (AvgIpc) is 2.33. The van der Waals surface area contributed by atoms with Crippen molar-refractivity contribution in [3.63, 3.8) is 0 Å². The maximum absolute atomic E-state index is 13.6. The summed E-state index contributed by atoms with van der Waals surface area (Å²) in [5, 5.41) is 0. The molecule has 1 aromatic rings. The fourth-order valence-electron chi connectivity index (χ4n) is 2.11. The number of ketones is 1. The van der Waals surface area contributed by atoms with Crippen molar-refractivity contribution in [1.82, 2.24) is 0 Å². The Kier molecular flexibility index (Phi) is 3.77. The molecule has 1 aromatic carbocycles. The van der Waals surface area contributed by atoms with E-state index in [9.17, 15) is 9.18 Å². The highest BCUT2D eigenvalue weighted by Crippen LogP contribution is 2.24. The van der Waals surface area contributed by atoms with Crippen LogP contribution in [-0.4, -0.2) is 12.4 Å². The predicted molar refractivity (Wildman–Crippen MR) is 63.6 cm³/mol. The topological polar surface area (TPSA) is 26.3 Å². The zero-order chi connectivity index (χ0) is 12.3. The first-order chi connectivity index (χ1) is 8.16. The number of halogens is 1. The summed E-state index contributed by atoms with van der Waals surface area (Å²) >= 11 is 0. The maximum atomic E-state index is 13.6. The van der Waals surface area contributed by atoms with Crippen molar-refractivity contribution in [1.29, 1.82) is 0 Å². The molecule has 0 bridgehead atoms. The largest absolute Gasteiger partial charge is 0.490 e. The second-order valence-corrected chi connectivity index (χ2v) is 4.68. The van der Waals surface area contributed by atoms with Gasteiger partial charge in [0.25, 0.3) is 0 Å². The molecule has 0 heterocycles. The minimum absolute atomic E-state index is 0.278. The van der Waals surface area contributed by atoms with Crippen molar-refractivity contribution in [2.24, 2.45) is 5.92 Å². The second-order valence-electron chi connectivity index (χ2n) is 4.68. The quantitative estimate of drug-likeness (QED) is 0.805. The molecule has 0 N–H and O–H groups in total. The standard InChI is InChI=1S/C14H17FO2/c1-10-3-2-4-13(14(10)15)17-9-11-5-7-12(16)8-6-11/h2-4,11H,5-9H2,1H3. The van der Waals surface area contributed by atoms with E-state index >= 15 is 0 Å². The number of carbonyl (C=O) groups is 1. The molecule has 3 heteroatoms. The van der Waals surface area contributed by atoms with Crippen LogP contribution in [-0.2, 0) is 4.79 Å². The Bertz CT molecular complexity index is 405. The van der Waals surface area contributed by atoms with Gasteiger partial charge in [0.05, 0.1) is 6.61 Å². The zero-order valence-corrected chi connectivity index (χ0v) is 10.0. The minimum atomic E-state index is -0.278. The number of benzene rings is 1. The van der Waals surface area contributed by atoms with Crippen LogP contribution in [0, 0.1) is 18.7 Å². The summed E-state index contributed by atoms with van der Waals surface area (Å²) in [5.41, 5.74) is 0.598. The molecule has 0 radical (unpaired) electrons. The number of carbonyl (C=O) groups excluding carboxylic acids is 1. The van der Waals surface area contributed by atoms with Gasteiger partial charge in [-0.1, -0.05) is 12.1 Å². The van der Waals surface area contributed by atoms with Crippen LogP contribution in [0.2, 0.25) is 0 Å². The van der Waals surface area contributed by atoms with Crippen LogP contribution in [0.15, 0.2) is 18.2 Å². The predicted octanol–water partition coefficient (Wildman–Crippen LogP) is 3.27. The van der Waals surface area contributed by atoms with E-state index in [-0.39, 0.29) is 5.82 Å². The van der Waals surface area contributed by atoms with Gasteiger partial charge in [0.2, 0.25) is 0 Å². The molecule has 0 saturated heterocycles. The Morgan fingerprint density at radius 1 is 1.35 bits per heavy atom. The van der Waals surface area contributed by atoms with Crippen molar-refractivity contribution in [2.75, 3.05) is 6.61 Å². The number of ether oxygens (including phenoxy) is 1. The number of hydrogen-bond donors (Lipinski definition) is 0. The van der Waals surface area contributed by atoms with E-state index in [1.54, 1.807) is 25.1 Å². The molecule has 17 heavy (non-hydrogen) atoms. The highest BCUT2D eigenvalue weighted by molar-refractivity contribution is 5.79. The molecule has 1 fully saturated rings. The van der Waals surface area contributed by atoms with Crippen LogP contribution in [0.5, 0.6) is 5.75 Å². The lowest BCUT2D eigenvalue weighted by Crippen LogP contribution is -2.20. The van der Waals surface area contributed by atoms with Crippen LogP contribution in [0.3, 0.4) is 0 Å². The van der Waals surface area contributed by atoms with Gasteiger partial charge in [-0.3, -0.25) is 4.79 Å². The van der Waals surface area contributed by atoms with Gasteiger partial charge in [0.1, 0.15) is 5.78 Å². The molecule has 0 unspecified atom stereocenters. The molecule has 0 amide bonds. The van der Waals surface area contributed by atoms with Crippen LogP contribution >= 0.6 is 0 Å². The summed E-state index contributed by atoms with van der Waals surface area (Å²) in [4.78, 5) is 11.1. The monoisotopic (exact) mass is 236 g/mol. The smallest absolute Gasteiger partial charge is 0.167 e.